The number of rotatable bonds is 5. The van der Waals surface area contributed by atoms with Gasteiger partial charge in [0.15, 0.2) is 5.65 Å². The zero-order valence-corrected chi connectivity index (χ0v) is 18.6. The minimum absolute atomic E-state index is 0.0818. The lowest BCUT2D eigenvalue weighted by Crippen LogP contribution is -2.14. The number of thiophene rings is 1. The third-order valence-corrected chi connectivity index (χ3v) is 5.93. The summed E-state index contributed by atoms with van der Waals surface area (Å²) in [6.07, 6.45) is 1.65. The van der Waals surface area contributed by atoms with E-state index < -0.39 is 5.97 Å². The summed E-state index contributed by atoms with van der Waals surface area (Å²) < 4.78 is 6.54. The largest absolute Gasteiger partial charge is 0.465 e. The Balaban J connectivity index is 1.78. The lowest BCUT2D eigenvalue weighted by molar-refractivity contribution is 0.0600. The quantitative estimate of drug-likeness (QED) is 0.406. The van der Waals surface area contributed by atoms with E-state index in [1.54, 1.807) is 40.4 Å². The number of nitrogens with zero attached hydrogens (tertiary/aromatic N) is 3. The Morgan fingerprint density at radius 3 is 2.68 bits per heavy atom. The molecule has 31 heavy (non-hydrogen) atoms. The van der Waals surface area contributed by atoms with Crippen molar-refractivity contribution in [2.45, 2.75) is 19.9 Å². The van der Waals surface area contributed by atoms with Crippen molar-refractivity contribution in [2.24, 2.45) is 0 Å². The number of aromatic nitrogens is 3. The van der Waals surface area contributed by atoms with Crippen LogP contribution in [0.15, 0.2) is 48.0 Å². The molecule has 3 aromatic heterocycles. The summed E-state index contributed by atoms with van der Waals surface area (Å²) in [6, 6.07) is 10.4. The van der Waals surface area contributed by atoms with Crippen LogP contribution in [0.3, 0.4) is 0 Å². The van der Waals surface area contributed by atoms with Gasteiger partial charge < -0.3 is 10.1 Å². The second-order valence-electron chi connectivity index (χ2n) is 7.09. The van der Waals surface area contributed by atoms with Gasteiger partial charge in [-0.3, -0.25) is 4.79 Å². The minimum atomic E-state index is -0.578. The van der Waals surface area contributed by atoms with Gasteiger partial charge in [0.2, 0.25) is 0 Å². The van der Waals surface area contributed by atoms with Crippen LogP contribution in [-0.4, -0.2) is 33.8 Å². The van der Waals surface area contributed by atoms with Gasteiger partial charge in [0.25, 0.3) is 5.91 Å². The van der Waals surface area contributed by atoms with E-state index in [1.165, 1.54) is 13.2 Å². The SMILES string of the molecule is COC(=O)c1cc(NC(=O)c2cc(-c3cccs3)nc3c2cnn3C(C)C)ccc1Cl. The highest BCUT2D eigenvalue weighted by atomic mass is 35.5. The number of hydrogen-bond acceptors (Lipinski definition) is 6. The summed E-state index contributed by atoms with van der Waals surface area (Å²) in [5.74, 6) is -0.919. The number of anilines is 1. The zero-order valence-electron chi connectivity index (χ0n) is 17.0. The van der Waals surface area contributed by atoms with Crippen molar-refractivity contribution in [3.63, 3.8) is 0 Å². The van der Waals surface area contributed by atoms with Crippen molar-refractivity contribution in [3.8, 4) is 10.6 Å². The number of esters is 1. The molecule has 4 aromatic rings. The maximum atomic E-state index is 13.2. The highest BCUT2D eigenvalue weighted by Gasteiger charge is 2.20. The van der Waals surface area contributed by atoms with Gasteiger partial charge in [-0.1, -0.05) is 17.7 Å². The first-order chi connectivity index (χ1) is 14.9. The van der Waals surface area contributed by atoms with E-state index in [1.807, 2.05) is 31.4 Å². The summed E-state index contributed by atoms with van der Waals surface area (Å²) >= 11 is 7.63. The average Bonchev–Trinajstić information content (AvgIpc) is 3.43. The molecule has 0 bridgehead atoms. The molecule has 158 valence electrons. The van der Waals surface area contributed by atoms with Crippen LogP contribution < -0.4 is 5.32 Å². The lowest BCUT2D eigenvalue weighted by Gasteiger charge is -2.11. The van der Waals surface area contributed by atoms with Crippen LogP contribution in [0.2, 0.25) is 5.02 Å². The molecule has 0 atom stereocenters. The topological polar surface area (TPSA) is 86.1 Å². The van der Waals surface area contributed by atoms with Crippen molar-refractivity contribution >= 4 is 51.5 Å². The maximum Gasteiger partial charge on any atom is 0.339 e. The van der Waals surface area contributed by atoms with Crippen molar-refractivity contribution in [1.29, 1.82) is 0 Å². The average molecular weight is 455 g/mol. The number of carbonyl (C=O) groups is 2. The van der Waals surface area contributed by atoms with E-state index in [0.29, 0.717) is 28.0 Å². The maximum absolute atomic E-state index is 13.2. The number of ether oxygens (including phenoxy) is 1. The van der Waals surface area contributed by atoms with E-state index in [2.05, 4.69) is 10.4 Å². The van der Waals surface area contributed by atoms with Crippen LogP contribution in [0.25, 0.3) is 21.6 Å². The van der Waals surface area contributed by atoms with Crippen molar-refractivity contribution in [3.05, 3.63) is 64.1 Å². The summed E-state index contributed by atoms with van der Waals surface area (Å²) in [7, 11) is 1.27. The predicted octanol–water partition coefficient (Wildman–Crippen LogP) is 5.43. The summed E-state index contributed by atoms with van der Waals surface area (Å²) in [5.41, 5.74) is 2.37. The molecule has 1 aromatic carbocycles. The first kappa shape index (κ1) is 21.0. The summed E-state index contributed by atoms with van der Waals surface area (Å²) in [5, 5.41) is 10.1. The fourth-order valence-corrected chi connectivity index (χ4v) is 4.08. The summed E-state index contributed by atoms with van der Waals surface area (Å²) in [4.78, 5) is 30.9. The van der Waals surface area contributed by atoms with Crippen molar-refractivity contribution < 1.29 is 14.3 Å². The zero-order chi connectivity index (χ0) is 22.1. The van der Waals surface area contributed by atoms with Gasteiger partial charge >= 0.3 is 5.97 Å². The number of hydrogen-bond donors (Lipinski definition) is 1. The number of halogens is 1. The first-order valence-electron chi connectivity index (χ1n) is 9.50. The van der Waals surface area contributed by atoms with Gasteiger partial charge in [-0.05, 0) is 49.6 Å². The van der Waals surface area contributed by atoms with E-state index in [0.717, 1.165) is 4.88 Å². The molecule has 1 amide bonds. The van der Waals surface area contributed by atoms with Crippen molar-refractivity contribution in [2.75, 3.05) is 12.4 Å². The molecule has 0 saturated heterocycles. The molecule has 0 radical (unpaired) electrons. The highest BCUT2D eigenvalue weighted by Crippen LogP contribution is 2.30. The number of fused-ring (bicyclic) bond motifs is 1. The van der Waals surface area contributed by atoms with Crippen LogP contribution in [0, 0.1) is 0 Å². The number of pyridine rings is 1. The molecule has 7 nitrogen and oxygen atoms in total. The standard InChI is InChI=1S/C22H19ClN4O3S/c1-12(2)27-20-16(11-24-27)14(10-18(26-20)19-5-4-8-31-19)21(28)25-13-6-7-17(23)15(9-13)22(29)30-3/h4-12H,1-3H3,(H,25,28). The Morgan fingerprint density at radius 1 is 1.19 bits per heavy atom. The monoisotopic (exact) mass is 454 g/mol. The molecular formula is C22H19ClN4O3S. The fourth-order valence-electron chi connectivity index (χ4n) is 3.20. The molecule has 3 heterocycles. The first-order valence-corrected chi connectivity index (χ1v) is 10.8. The Bertz CT molecular complexity index is 1280. The molecule has 0 aliphatic heterocycles. The molecule has 0 unspecified atom stereocenters. The molecule has 1 N–H and O–H groups in total. The van der Waals surface area contributed by atoms with Crippen LogP contribution in [0.5, 0.6) is 0 Å². The second-order valence-corrected chi connectivity index (χ2v) is 8.45. The molecule has 0 fully saturated rings. The normalized spacial score (nSPS) is 11.1. The van der Waals surface area contributed by atoms with Gasteiger partial charge in [0.1, 0.15) is 0 Å². The van der Waals surface area contributed by atoms with Gasteiger partial charge in [0.05, 0.1) is 45.4 Å². The predicted molar refractivity (Wildman–Crippen MR) is 122 cm³/mol. The number of methoxy groups -OCH3 is 1. The Hall–Kier alpha value is -3.23. The number of benzene rings is 1. The van der Waals surface area contributed by atoms with Gasteiger partial charge in [-0.25, -0.2) is 14.5 Å². The molecule has 0 aliphatic rings. The number of nitrogens with one attached hydrogen (secondary N) is 1. The van der Waals surface area contributed by atoms with Gasteiger partial charge in [-0.15, -0.1) is 11.3 Å². The van der Waals surface area contributed by atoms with E-state index >= 15 is 0 Å². The van der Waals surface area contributed by atoms with E-state index in [4.69, 9.17) is 21.3 Å². The lowest BCUT2D eigenvalue weighted by atomic mass is 10.1. The van der Waals surface area contributed by atoms with Crippen LogP contribution in [0.1, 0.15) is 40.6 Å². The van der Waals surface area contributed by atoms with Crippen LogP contribution in [-0.2, 0) is 4.74 Å². The van der Waals surface area contributed by atoms with Crippen LogP contribution >= 0.6 is 22.9 Å². The Morgan fingerprint density at radius 2 is 2.00 bits per heavy atom. The molecule has 4 rings (SSSR count). The second kappa shape index (κ2) is 8.49. The smallest absolute Gasteiger partial charge is 0.339 e. The molecule has 0 spiro atoms. The molecular weight excluding hydrogens is 436 g/mol. The summed E-state index contributed by atoms with van der Waals surface area (Å²) in [6.45, 7) is 4.02. The van der Waals surface area contributed by atoms with Gasteiger partial charge in [-0.2, -0.15) is 5.10 Å². The van der Waals surface area contributed by atoms with Crippen molar-refractivity contribution in [1.82, 2.24) is 14.8 Å². The number of carbonyl (C=O) groups excluding carboxylic acids is 2. The molecule has 0 aliphatic carbocycles. The number of amides is 1. The third kappa shape index (κ3) is 4.04. The van der Waals surface area contributed by atoms with Gasteiger partial charge in [0, 0.05) is 11.7 Å². The molecule has 9 heteroatoms. The third-order valence-electron chi connectivity index (χ3n) is 4.70. The highest BCUT2D eigenvalue weighted by molar-refractivity contribution is 7.13. The Labute approximate surface area is 187 Å². The fraction of sp³-hybridized carbons (Fsp3) is 0.182. The Kier molecular flexibility index (Phi) is 5.75. The van der Waals surface area contributed by atoms with E-state index in [9.17, 15) is 9.59 Å². The van der Waals surface area contributed by atoms with E-state index in [-0.39, 0.29) is 22.5 Å². The molecule has 0 saturated carbocycles. The van der Waals surface area contributed by atoms with Crippen LogP contribution in [0.4, 0.5) is 5.69 Å². The minimum Gasteiger partial charge on any atom is -0.465 e.